The number of halogens is 1. The molecule has 0 spiro atoms. The summed E-state index contributed by atoms with van der Waals surface area (Å²) in [5, 5.41) is 7.56. The van der Waals surface area contributed by atoms with Crippen LogP contribution in [-0.2, 0) is 29.5 Å². The van der Waals surface area contributed by atoms with Crippen molar-refractivity contribution in [1.82, 2.24) is 24.5 Å². The number of imidazole rings is 1. The zero-order valence-electron chi connectivity index (χ0n) is 15.7. The van der Waals surface area contributed by atoms with Crippen molar-refractivity contribution in [3.63, 3.8) is 0 Å². The molecular weight excluding hydrogens is 413 g/mol. The minimum absolute atomic E-state index is 0.313. The lowest BCUT2D eigenvalue weighted by Gasteiger charge is -2.07. The fraction of sp³-hybridized carbons (Fsp3) is 0.222. The number of hydrogen-bond acceptors (Lipinski definition) is 8. The molecule has 0 saturated heterocycles. The molecule has 4 rings (SSSR count). The predicted octanol–water partition coefficient (Wildman–Crippen LogP) is 1.85. The van der Waals surface area contributed by atoms with Gasteiger partial charge in [0.1, 0.15) is 5.76 Å². The summed E-state index contributed by atoms with van der Waals surface area (Å²) in [5.41, 5.74) is 1.85. The largest absolute Gasteiger partial charge is 0.432 e. The van der Waals surface area contributed by atoms with E-state index in [0.29, 0.717) is 48.7 Å². The van der Waals surface area contributed by atoms with Crippen molar-refractivity contribution < 1.29 is 17.2 Å². The molecule has 10 nitrogen and oxygen atoms in total. The van der Waals surface area contributed by atoms with E-state index in [1.165, 1.54) is 6.20 Å². The summed E-state index contributed by atoms with van der Waals surface area (Å²) in [5.74, 6) is 0.697. The topological polar surface area (TPSA) is 142 Å². The van der Waals surface area contributed by atoms with Crippen LogP contribution in [0.3, 0.4) is 0 Å². The molecule has 0 atom stereocenters. The zero-order valence-corrected chi connectivity index (χ0v) is 16.5. The van der Waals surface area contributed by atoms with Crippen LogP contribution in [0.4, 0.5) is 10.2 Å². The number of aromatic nitrogens is 5. The molecule has 0 aliphatic rings. The third-order valence-corrected chi connectivity index (χ3v) is 5.01. The Labute approximate surface area is 171 Å². The number of aryl methyl sites for hydroxylation is 2. The first-order valence-corrected chi connectivity index (χ1v) is 10.6. The molecule has 0 aliphatic heterocycles. The lowest BCUT2D eigenvalue weighted by molar-refractivity contribution is 0.393. The Balaban J connectivity index is 1.46. The standard InChI is InChI=1S/C18H18FN7O3S/c19-17-24-15(21-9-12-5-2-1-3-6-12)14-16(25-17)26(11-23-14)8-4-7-13-10-22-18(29-13)30(20,27)28/h1-3,5-6,10-11H,4,7-9H2,(H2,20,27,28)(H,21,24,25). The van der Waals surface area contributed by atoms with E-state index in [9.17, 15) is 12.8 Å². The summed E-state index contributed by atoms with van der Waals surface area (Å²) in [4.78, 5) is 15.6. The van der Waals surface area contributed by atoms with Gasteiger partial charge >= 0.3 is 11.3 Å². The molecule has 0 saturated carbocycles. The number of oxazole rings is 1. The summed E-state index contributed by atoms with van der Waals surface area (Å²) >= 11 is 0. The molecule has 0 fully saturated rings. The summed E-state index contributed by atoms with van der Waals surface area (Å²) in [7, 11) is -3.97. The van der Waals surface area contributed by atoms with Gasteiger partial charge in [0.2, 0.25) is 0 Å². The average molecular weight is 431 g/mol. The summed E-state index contributed by atoms with van der Waals surface area (Å²) in [6.07, 6.45) is 2.99. The zero-order chi connectivity index (χ0) is 21.1. The molecule has 12 heteroatoms. The number of anilines is 1. The Morgan fingerprint density at radius 3 is 2.70 bits per heavy atom. The molecule has 0 aliphatic carbocycles. The maximum absolute atomic E-state index is 14.0. The number of nitrogens with one attached hydrogen (secondary N) is 1. The van der Waals surface area contributed by atoms with Gasteiger partial charge in [-0.2, -0.15) is 14.4 Å². The van der Waals surface area contributed by atoms with Crippen molar-refractivity contribution >= 4 is 27.0 Å². The molecule has 4 aromatic rings. The lowest BCUT2D eigenvalue weighted by atomic mass is 10.2. The number of fused-ring (bicyclic) bond motifs is 1. The Morgan fingerprint density at radius 2 is 1.97 bits per heavy atom. The minimum atomic E-state index is -3.97. The maximum atomic E-state index is 14.0. The Morgan fingerprint density at radius 1 is 1.17 bits per heavy atom. The van der Waals surface area contributed by atoms with Gasteiger partial charge in [0.05, 0.1) is 12.5 Å². The number of primary sulfonamides is 1. The second-order valence-corrected chi connectivity index (χ2v) is 7.97. The van der Waals surface area contributed by atoms with E-state index in [-0.39, 0.29) is 0 Å². The summed E-state index contributed by atoms with van der Waals surface area (Å²) < 4.78 is 43.2. The Kier molecular flexibility index (Phi) is 5.42. The van der Waals surface area contributed by atoms with Crippen LogP contribution in [0, 0.1) is 6.08 Å². The maximum Gasteiger partial charge on any atom is 0.330 e. The third kappa shape index (κ3) is 4.44. The smallest absolute Gasteiger partial charge is 0.330 e. The van der Waals surface area contributed by atoms with Crippen molar-refractivity contribution in [2.75, 3.05) is 5.32 Å². The van der Waals surface area contributed by atoms with Crippen LogP contribution < -0.4 is 10.5 Å². The molecule has 0 amide bonds. The molecule has 0 radical (unpaired) electrons. The monoisotopic (exact) mass is 431 g/mol. The van der Waals surface area contributed by atoms with E-state index in [4.69, 9.17) is 9.56 Å². The van der Waals surface area contributed by atoms with Gasteiger partial charge in [-0.3, -0.25) is 0 Å². The van der Waals surface area contributed by atoms with Gasteiger partial charge in [-0.15, -0.1) is 0 Å². The number of nitrogens with zero attached hydrogens (tertiary/aromatic N) is 5. The highest BCUT2D eigenvalue weighted by atomic mass is 32.2. The van der Waals surface area contributed by atoms with E-state index >= 15 is 0 Å². The van der Waals surface area contributed by atoms with E-state index < -0.39 is 21.3 Å². The van der Waals surface area contributed by atoms with Gasteiger partial charge < -0.3 is 14.3 Å². The fourth-order valence-corrected chi connectivity index (χ4v) is 3.37. The van der Waals surface area contributed by atoms with Crippen molar-refractivity contribution in [2.45, 2.75) is 31.2 Å². The van der Waals surface area contributed by atoms with Crippen LogP contribution in [0.2, 0.25) is 0 Å². The average Bonchev–Trinajstić information content (AvgIpc) is 3.34. The van der Waals surface area contributed by atoms with Crippen LogP contribution in [0.25, 0.3) is 11.2 Å². The molecule has 0 unspecified atom stereocenters. The quantitative estimate of drug-likeness (QED) is 0.403. The van der Waals surface area contributed by atoms with Crippen LogP contribution in [0.5, 0.6) is 0 Å². The van der Waals surface area contributed by atoms with Crippen LogP contribution in [-0.4, -0.2) is 32.9 Å². The van der Waals surface area contributed by atoms with E-state index in [1.54, 1.807) is 10.9 Å². The molecular formula is C18H18FN7O3S. The first-order valence-electron chi connectivity index (χ1n) is 9.04. The van der Waals surface area contributed by atoms with Gasteiger partial charge in [0, 0.05) is 19.5 Å². The first-order chi connectivity index (χ1) is 14.4. The Hall–Kier alpha value is -3.38. The van der Waals surface area contributed by atoms with Gasteiger partial charge in [0.15, 0.2) is 17.0 Å². The van der Waals surface area contributed by atoms with E-state index in [0.717, 1.165) is 5.56 Å². The molecule has 3 aromatic heterocycles. The van der Waals surface area contributed by atoms with E-state index in [2.05, 4.69) is 25.3 Å². The number of sulfonamides is 1. The minimum Gasteiger partial charge on any atom is -0.432 e. The molecule has 3 heterocycles. The number of benzene rings is 1. The number of nitrogens with two attached hydrogens (primary N) is 1. The molecule has 3 N–H and O–H groups in total. The third-order valence-electron chi connectivity index (χ3n) is 4.34. The van der Waals surface area contributed by atoms with Crippen molar-refractivity contribution in [2.24, 2.45) is 5.14 Å². The molecule has 0 bridgehead atoms. The van der Waals surface area contributed by atoms with Crippen molar-refractivity contribution in [3.05, 3.63) is 60.3 Å². The SMILES string of the molecule is NS(=O)(=O)c1ncc(CCCn2cnc3c(NCc4ccccc4)nc(F)nc32)o1. The number of hydrogen-bond donors (Lipinski definition) is 2. The molecule has 1 aromatic carbocycles. The van der Waals surface area contributed by atoms with Gasteiger partial charge in [0.25, 0.3) is 10.0 Å². The lowest BCUT2D eigenvalue weighted by Crippen LogP contribution is -2.12. The second-order valence-electron chi connectivity index (χ2n) is 6.53. The van der Waals surface area contributed by atoms with Gasteiger partial charge in [-0.05, 0) is 12.0 Å². The van der Waals surface area contributed by atoms with Crippen LogP contribution >= 0.6 is 0 Å². The highest BCUT2D eigenvalue weighted by molar-refractivity contribution is 7.88. The van der Waals surface area contributed by atoms with E-state index in [1.807, 2.05) is 30.3 Å². The second kappa shape index (κ2) is 8.16. The molecule has 30 heavy (non-hydrogen) atoms. The predicted molar refractivity (Wildman–Crippen MR) is 105 cm³/mol. The van der Waals surface area contributed by atoms with Crippen LogP contribution in [0.15, 0.2) is 52.5 Å². The highest BCUT2D eigenvalue weighted by Crippen LogP contribution is 2.20. The van der Waals surface area contributed by atoms with Crippen molar-refractivity contribution in [3.8, 4) is 0 Å². The molecule has 156 valence electrons. The fourth-order valence-electron chi connectivity index (χ4n) is 2.95. The van der Waals surface area contributed by atoms with Gasteiger partial charge in [-0.1, -0.05) is 30.3 Å². The first kappa shape index (κ1) is 19.9. The van der Waals surface area contributed by atoms with Gasteiger partial charge in [-0.25, -0.2) is 23.5 Å². The van der Waals surface area contributed by atoms with Crippen molar-refractivity contribution in [1.29, 1.82) is 0 Å². The Bertz CT molecular complexity index is 1270. The highest BCUT2D eigenvalue weighted by Gasteiger charge is 2.16. The van der Waals surface area contributed by atoms with Crippen LogP contribution in [0.1, 0.15) is 17.7 Å². The normalized spacial score (nSPS) is 11.8. The summed E-state index contributed by atoms with van der Waals surface area (Å²) in [6, 6.07) is 9.66. The summed E-state index contributed by atoms with van der Waals surface area (Å²) in [6.45, 7) is 0.924. The number of rotatable bonds is 8.